The Labute approximate surface area is 117 Å². The Bertz CT molecular complexity index is 548. The fourth-order valence-electron chi connectivity index (χ4n) is 1.92. The molecule has 6 heteroatoms. The first-order valence-electron chi connectivity index (χ1n) is 5.96. The van der Waals surface area contributed by atoms with Crippen LogP contribution in [0.1, 0.15) is 18.6 Å². The minimum Gasteiger partial charge on any atom is -0.497 e. The van der Waals surface area contributed by atoms with Gasteiger partial charge in [-0.1, -0.05) is 6.92 Å². The largest absolute Gasteiger partial charge is 0.497 e. The molecule has 0 spiro atoms. The predicted octanol–water partition coefficient (Wildman–Crippen LogP) is 2.59. The van der Waals surface area contributed by atoms with Crippen LogP contribution in [0.2, 0.25) is 0 Å². The van der Waals surface area contributed by atoms with Crippen LogP contribution in [0.5, 0.6) is 11.5 Å². The van der Waals surface area contributed by atoms with E-state index in [1.165, 1.54) is 0 Å². The average molecular weight is 282 g/mol. The fraction of sp³-hybridized carbons (Fsp3) is 0.385. The lowest BCUT2D eigenvalue weighted by Crippen LogP contribution is -2.06. The van der Waals surface area contributed by atoms with Crippen molar-refractivity contribution < 1.29 is 9.47 Å². The van der Waals surface area contributed by atoms with E-state index in [4.69, 9.17) is 21.1 Å². The molecule has 0 N–H and O–H groups in total. The molecule has 1 aromatic heterocycles. The molecule has 0 amide bonds. The Morgan fingerprint density at radius 2 is 1.89 bits per heavy atom. The van der Waals surface area contributed by atoms with Gasteiger partial charge in [0.15, 0.2) is 5.82 Å². The van der Waals surface area contributed by atoms with E-state index in [1.54, 1.807) is 14.2 Å². The number of methoxy groups -OCH3 is 2. The van der Waals surface area contributed by atoms with Crippen LogP contribution in [0.25, 0.3) is 5.69 Å². The van der Waals surface area contributed by atoms with Crippen LogP contribution in [0.3, 0.4) is 0 Å². The Hall–Kier alpha value is -1.75. The number of rotatable bonds is 5. The van der Waals surface area contributed by atoms with Gasteiger partial charge in [0.2, 0.25) is 0 Å². The van der Waals surface area contributed by atoms with Crippen molar-refractivity contribution >= 4 is 11.6 Å². The summed E-state index contributed by atoms with van der Waals surface area (Å²) in [5.41, 5.74) is 0.833. The number of nitrogens with zero attached hydrogens (tertiary/aromatic N) is 3. The van der Waals surface area contributed by atoms with Crippen LogP contribution in [-0.4, -0.2) is 29.0 Å². The van der Waals surface area contributed by atoms with E-state index in [0.717, 1.165) is 29.4 Å². The molecule has 2 rings (SSSR count). The van der Waals surface area contributed by atoms with Crippen LogP contribution in [-0.2, 0) is 12.3 Å². The lowest BCUT2D eigenvalue weighted by molar-refractivity contribution is 0.401. The molecule has 0 bridgehead atoms. The average Bonchev–Trinajstić information content (AvgIpc) is 2.89. The SMILES string of the molecule is CCc1nnc(CCl)n1-c1cc(OC)ccc1OC. The van der Waals surface area contributed by atoms with E-state index in [9.17, 15) is 0 Å². The molecule has 2 aromatic rings. The minimum atomic E-state index is 0.285. The van der Waals surface area contributed by atoms with E-state index < -0.39 is 0 Å². The first kappa shape index (κ1) is 13.7. The number of aryl methyl sites for hydroxylation is 1. The van der Waals surface area contributed by atoms with Crippen LogP contribution >= 0.6 is 11.6 Å². The highest BCUT2D eigenvalue weighted by molar-refractivity contribution is 6.16. The van der Waals surface area contributed by atoms with Gasteiger partial charge in [-0.05, 0) is 12.1 Å². The summed E-state index contributed by atoms with van der Waals surface area (Å²) in [6.07, 6.45) is 0.754. The van der Waals surface area contributed by atoms with Gasteiger partial charge >= 0.3 is 0 Å². The predicted molar refractivity (Wildman–Crippen MR) is 73.4 cm³/mol. The third-order valence-electron chi connectivity index (χ3n) is 2.86. The number of alkyl halides is 1. The van der Waals surface area contributed by atoms with Crippen molar-refractivity contribution in [2.45, 2.75) is 19.2 Å². The second-order valence-corrected chi connectivity index (χ2v) is 4.16. The Morgan fingerprint density at radius 3 is 2.47 bits per heavy atom. The summed E-state index contributed by atoms with van der Waals surface area (Å²) in [4.78, 5) is 0. The molecular formula is C13H16ClN3O2. The first-order chi connectivity index (χ1) is 9.24. The van der Waals surface area contributed by atoms with E-state index in [0.29, 0.717) is 5.82 Å². The van der Waals surface area contributed by atoms with Gasteiger partial charge in [-0.15, -0.1) is 21.8 Å². The quantitative estimate of drug-likeness (QED) is 0.791. The van der Waals surface area contributed by atoms with E-state index >= 15 is 0 Å². The summed E-state index contributed by atoms with van der Waals surface area (Å²) in [5, 5.41) is 8.24. The number of ether oxygens (including phenoxy) is 2. The van der Waals surface area contributed by atoms with Gasteiger partial charge in [0.1, 0.15) is 17.3 Å². The highest BCUT2D eigenvalue weighted by Crippen LogP contribution is 2.29. The minimum absolute atomic E-state index is 0.285. The second-order valence-electron chi connectivity index (χ2n) is 3.89. The number of hydrogen-bond donors (Lipinski definition) is 0. The standard InChI is InChI=1S/C13H16ClN3O2/c1-4-12-15-16-13(8-14)17(12)10-7-9(18-2)5-6-11(10)19-3/h5-7H,4,8H2,1-3H3. The summed E-state index contributed by atoms with van der Waals surface area (Å²) < 4.78 is 12.6. The maximum atomic E-state index is 5.93. The van der Waals surface area contributed by atoms with Crippen LogP contribution < -0.4 is 9.47 Å². The van der Waals surface area contributed by atoms with Crippen LogP contribution in [0, 0.1) is 0 Å². The molecule has 102 valence electrons. The molecule has 0 aliphatic rings. The number of benzene rings is 1. The van der Waals surface area contributed by atoms with Crippen molar-refractivity contribution in [3.8, 4) is 17.2 Å². The van der Waals surface area contributed by atoms with Crippen molar-refractivity contribution in [2.75, 3.05) is 14.2 Å². The van der Waals surface area contributed by atoms with Crippen molar-refractivity contribution in [3.05, 3.63) is 29.8 Å². The van der Waals surface area contributed by atoms with Gasteiger partial charge in [0.05, 0.1) is 25.8 Å². The molecule has 0 radical (unpaired) electrons. The topological polar surface area (TPSA) is 49.2 Å². The Balaban J connectivity index is 2.65. The molecule has 0 unspecified atom stereocenters. The van der Waals surface area contributed by atoms with Gasteiger partial charge in [0, 0.05) is 12.5 Å². The zero-order valence-electron chi connectivity index (χ0n) is 11.2. The molecule has 0 saturated heterocycles. The summed E-state index contributed by atoms with van der Waals surface area (Å²) in [7, 11) is 3.25. The number of hydrogen-bond acceptors (Lipinski definition) is 4. The van der Waals surface area contributed by atoms with E-state index in [1.807, 2.05) is 29.7 Å². The third-order valence-corrected chi connectivity index (χ3v) is 3.10. The van der Waals surface area contributed by atoms with Crippen molar-refractivity contribution in [3.63, 3.8) is 0 Å². The zero-order valence-corrected chi connectivity index (χ0v) is 11.9. The molecule has 0 atom stereocenters. The second kappa shape index (κ2) is 5.93. The molecular weight excluding hydrogens is 266 g/mol. The molecule has 0 aliphatic heterocycles. The first-order valence-corrected chi connectivity index (χ1v) is 6.50. The van der Waals surface area contributed by atoms with Gasteiger partial charge in [-0.25, -0.2) is 0 Å². The smallest absolute Gasteiger partial charge is 0.152 e. The summed E-state index contributed by atoms with van der Waals surface area (Å²) in [6.45, 7) is 2.02. The van der Waals surface area contributed by atoms with Crippen molar-refractivity contribution in [1.29, 1.82) is 0 Å². The maximum absolute atomic E-state index is 5.93. The number of halogens is 1. The van der Waals surface area contributed by atoms with Crippen molar-refractivity contribution in [2.24, 2.45) is 0 Å². The molecule has 0 saturated carbocycles. The molecule has 5 nitrogen and oxygen atoms in total. The van der Waals surface area contributed by atoms with Gasteiger partial charge in [-0.2, -0.15) is 0 Å². The Kier molecular flexibility index (Phi) is 4.27. The molecule has 1 heterocycles. The number of aromatic nitrogens is 3. The molecule has 0 fully saturated rings. The molecule has 19 heavy (non-hydrogen) atoms. The van der Waals surface area contributed by atoms with Crippen LogP contribution in [0.4, 0.5) is 0 Å². The van der Waals surface area contributed by atoms with Gasteiger partial charge < -0.3 is 9.47 Å². The van der Waals surface area contributed by atoms with E-state index in [-0.39, 0.29) is 5.88 Å². The lowest BCUT2D eigenvalue weighted by Gasteiger charge is -2.14. The zero-order chi connectivity index (χ0) is 13.8. The molecule has 1 aromatic carbocycles. The lowest BCUT2D eigenvalue weighted by atomic mass is 10.2. The van der Waals surface area contributed by atoms with Gasteiger partial charge in [0.25, 0.3) is 0 Å². The summed E-state index contributed by atoms with van der Waals surface area (Å²) >= 11 is 5.93. The monoisotopic (exact) mass is 281 g/mol. The maximum Gasteiger partial charge on any atom is 0.152 e. The summed E-state index contributed by atoms with van der Waals surface area (Å²) in [6, 6.07) is 5.59. The van der Waals surface area contributed by atoms with E-state index in [2.05, 4.69) is 10.2 Å². The third kappa shape index (κ3) is 2.51. The van der Waals surface area contributed by atoms with Crippen LogP contribution in [0.15, 0.2) is 18.2 Å². The van der Waals surface area contributed by atoms with Crippen molar-refractivity contribution in [1.82, 2.24) is 14.8 Å². The highest BCUT2D eigenvalue weighted by Gasteiger charge is 2.16. The van der Waals surface area contributed by atoms with Gasteiger partial charge in [-0.3, -0.25) is 4.57 Å². The normalized spacial score (nSPS) is 10.5. The fourth-order valence-corrected chi connectivity index (χ4v) is 2.09. The highest BCUT2D eigenvalue weighted by atomic mass is 35.5. The summed E-state index contributed by atoms with van der Waals surface area (Å²) in [5.74, 6) is 3.27. The molecule has 0 aliphatic carbocycles. The Morgan fingerprint density at radius 1 is 1.16 bits per heavy atom.